The standard InChI is InChI=1S/C17H26N2O/c1-18(17-9-7-16(15-20)8-10-17)11-5-6-14-19-12-3-2-4-13-19/h7-10,15H,2-6,11-14H2,1H3. The van der Waals surface area contributed by atoms with Gasteiger partial charge in [0.1, 0.15) is 6.29 Å². The second-order valence-corrected chi connectivity index (χ2v) is 5.74. The molecule has 1 heterocycles. The van der Waals surface area contributed by atoms with E-state index in [2.05, 4.69) is 16.8 Å². The number of benzene rings is 1. The zero-order valence-electron chi connectivity index (χ0n) is 12.6. The molecule has 0 spiro atoms. The van der Waals surface area contributed by atoms with Gasteiger partial charge in [-0.3, -0.25) is 4.79 Å². The third kappa shape index (κ3) is 4.64. The minimum Gasteiger partial charge on any atom is -0.375 e. The van der Waals surface area contributed by atoms with Crippen LogP contribution in [0.5, 0.6) is 0 Å². The number of piperidine rings is 1. The molecule has 110 valence electrons. The number of nitrogens with zero attached hydrogens (tertiary/aromatic N) is 2. The maximum Gasteiger partial charge on any atom is 0.150 e. The lowest BCUT2D eigenvalue weighted by atomic mass is 10.1. The molecule has 20 heavy (non-hydrogen) atoms. The predicted octanol–water partition coefficient (Wildman–Crippen LogP) is 3.20. The van der Waals surface area contributed by atoms with Crippen LogP contribution in [0.2, 0.25) is 0 Å². The fraction of sp³-hybridized carbons (Fsp3) is 0.588. The summed E-state index contributed by atoms with van der Waals surface area (Å²) in [5.74, 6) is 0. The van der Waals surface area contributed by atoms with Gasteiger partial charge in [0, 0.05) is 24.8 Å². The van der Waals surface area contributed by atoms with Crippen molar-refractivity contribution in [2.75, 3.05) is 38.1 Å². The number of carbonyl (C=O) groups is 1. The lowest BCUT2D eigenvalue weighted by Gasteiger charge is -2.26. The number of aldehydes is 1. The molecule has 0 unspecified atom stereocenters. The quantitative estimate of drug-likeness (QED) is 0.563. The van der Waals surface area contributed by atoms with E-state index in [4.69, 9.17) is 0 Å². The second-order valence-electron chi connectivity index (χ2n) is 5.74. The average Bonchev–Trinajstić information content (AvgIpc) is 2.52. The van der Waals surface area contributed by atoms with E-state index < -0.39 is 0 Å². The molecule has 1 aromatic rings. The van der Waals surface area contributed by atoms with Crippen LogP contribution in [0, 0.1) is 0 Å². The summed E-state index contributed by atoms with van der Waals surface area (Å²) < 4.78 is 0. The first kappa shape index (κ1) is 15.0. The number of carbonyl (C=O) groups excluding carboxylic acids is 1. The van der Waals surface area contributed by atoms with E-state index in [0.29, 0.717) is 0 Å². The highest BCUT2D eigenvalue weighted by Gasteiger charge is 2.09. The van der Waals surface area contributed by atoms with Gasteiger partial charge in [-0.25, -0.2) is 0 Å². The number of likely N-dealkylation sites (tertiary alicyclic amines) is 1. The van der Waals surface area contributed by atoms with Gasteiger partial charge in [-0.05, 0) is 69.6 Å². The van der Waals surface area contributed by atoms with E-state index in [9.17, 15) is 4.79 Å². The van der Waals surface area contributed by atoms with Crippen molar-refractivity contribution in [3.8, 4) is 0 Å². The van der Waals surface area contributed by atoms with Gasteiger partial charge in [-0.2, -0.15) is 0 Å². The van der Waals surface area contributed by atoms with Crippen molar-refractivity contribution >= 4 is 12.0 Å². The van der Waals surface area contributed by atoms with Crippen molar-refractivity contribution in [1.29, 1.82) is 0 Å². The summed E-state index contributed by atoms with van der Waals surface area (Å²) in [5.41, 5.74) is 1.93. The number of hydrogen-bond acceptors (Lipinski definition) is 3. The monoisotopic (exact) mass is 274 g/mol. The number of unbranched alkanes of at least 4 members (excludes halogenated alkanes) is 1. The molecular formula is C17H26N2O. The molecule has 1 saturated heterocycles. The fourth-order valence-corrected chi connectivity index (χ4v) is 2.80. The first-order valence-electron chi connectivity index (χ1n) is 7.78. The Morgan fingerprint density at radius 2 is 1.80 bits per heavy atom. The SMILES string of the molecule is CN(CCCCN1CCCCC1)c1ccc(C=O)cc1. The molecule has 0 N–H and O–H groups in total. The highest BCUT2D eigenvalue weighted by atomic mass is 16.1. The summed E-state index contributed by atoms with van der Waals surface area (Å²) in [6.07, 6.45) is 7.56. The second kappa shape index (κ2) is 8.05. The minimum atomic E-state index is 0.743. The largest absolute Gasteiger partial charge is 0.375 e. The average molecular weight is 274 g/mol. The molecule has 3 heteroatoms. The van der Waals surface area contributed by atoms with Crippen LogP contribution in [0.3, 0.4) is 0 Å². The fourth-order valence-electron chi connectivity index (χ4n) is 2.80. The molecule has 0 aromatic heterocycles. The normalized spacial score (nSPS) is 16.1. The van der Waals surface area contributed by atoms with E-state index in [1.54, 1.807) is 0 Å². The molecule has 1 aliphatic rings. The zero-order chi connectivity index (χ0) is 14.2. The topological polar surface area (TPSA) is 23.6 Å². The Bertz CT molecular complexity index is 396. The van der Waals surface area contributed by atoms with E-state index in [-0.39, 0.29) is 0 Å². The van der Waals surface area contributed by atoms with E-state index in [1.807, 2.05) is 24.3 Å². The maximum absolute atomic E-state index is 10.6. The van der Waals surface area contributed by atoms with Gasteiger partial charge in [-0.15, -0.1) is 0 Å². The molecule has 0 bridgehead atoms. The smallest absolute Gasteiger partial charge is 0.150 e. The van der Waals surface area contributed by atoms with E-state index in [1.165, 1.54) is 57.4 Å². The third-order valence-electron chi connectivity index (χ3n) is 4.14. The summed E-state index contributed by atoms with van der Waals surface area (Å²) in [6, 6.07) is 7.81. The molecule has 0 aliphatic carbocycles. The lowest BCUT2D eigenvalue weighted by molar-refractivity contribution is 0.112. The van der Waals surface area contributed by atoms with Crippen LogP contribution in [0.4, 0.5) is 5.69 Å². The summed E-state index contributed by atoms with van der Waals surface area (Å²) in [5, 5.41) is 0. The molecule has 2 rings (SSSR count). The summed E-state index contributed by atoms with van der Waals surface area (Å²) in [4.78, 5) is 15.5. The molecule has 0 atom stereocenters. The van der Waals surface area contributed by atoms with Crippen molar-refractivity contribution in [3.63, 3.8) is 0 Å². The van der Waals surface area contributed by atoms with Crippen LogP contribution < -0.4 is 4.90 Å². The number of rotatable bonds is 7. The predicted molar refractivity (Wildman–Crippen MR) is 84.6 cm³/mol. The molecule has 3 nitrogen and oxygen atoms in total. The van der Waals surface area contributed by atoms with Crippen LogP contribution in [0.1, 0.15) is 42.5 Å². The Hall–Kier alpha value is -1.35. The lowest BCUT2D eigenvalue weighted by Crippen LogP contribution is -2.31. The number of hydrogen-bond donors (Lipinski definition) is 0. The van der Waals surface area contributed by atoms with Crippen LogP contribution in [0.15, 0.2) is 24.3 Å². The van der Waals surface area contributed by atoms with Gasteiger partial charge >= 0.3 is 0 Å². The maximum atomic E-state index is 10.6. The van der Waals surface area contributed by atoms with Crippen molar-refractivity contribution in [2.24, 2.45) is 0 Å². The highest BCUT2D eigenvalue weighted by molar-refractivity contribution is 5.75. The number of anilines is 1. The minimum absolute atomic E-state index is 0.743. The Labute approximate surface area is 122 Å². The Morgan fingerprint density at radius 1 is 1.10 bits per heavy atom. The van der Waals surface area contributed by atoms with Gasteiger partial charge in [0.25, 0.3) is 0 Å². The first-order valence-corrected chi connectivity index (χ1v) is 7.78. The van der Waals surface area contributed by atoms with E-state index in [0.717, 1.165) is 18.4 Å². The third-order valence-corrected chi connectivity index (χ3v) is 4.14. The zero-order valence-corrected chi connectivity index (χ0v) is 12.6. The summed E-state index contributed by atoms with van der Waals surface area (Å²) in [6.45, 7) is 4.91. The molecule has 0 amide bonds. The highest BCUT2D eigenvalue weighted by Crippen LogP contribution is 2.14. The van der Waals surface area contributed by atoms with Crippen LogP contribution in [-0.4, -0.2) is 44.4 Å². The summed E-state index contributed by atoms with van der Waals surface area (Å²) in [7, 11) is 2.12. The van der Waals surface area contributed by atoms with Gasteiger partial charge in [0.05, 0.1) is 0 Å². The van der Waals surface area contributed by atoms with Gasteiger partial charge < -0.3 is 9.80 Å². The van der Waals surface area contributed by atoms with Crippen LogP contribution >= 0.6 is 0 Å². The first-order chi connectivity index (χ1) is 9.79. The van der Waals surface area contributed by atoms with Gasteiger partial charge in [-0.1, -0.05) is 6.42 Å². The Kier molecular flexibility index (Phi) is 6.06. The van der Waals surface area contributed by atoms with Gasteiger partial charge in [0.2, 0.25) is 0 Å². The van der Waals surface area contributed by atoms with Crippen molar-refractivity contribution in [2.45, 2.75) is 32.1 Å². The summed E-state index contributed by atoms with van der Waals surface area (Å²) >= 11 is 0. The molecule has 0 saturated carbocycles. The Balaban J connectivity index is 1.66. The van der Waals surface area contributed by atoms with Crippen LogP contribution in [0.25, 0.3) is 0 Å². The molecule has 0 radical (unpaired) electrons. The van der Waals surface area contributed by atoms with E-state index >= 15 is 0 Å². The molecular weight excluding hydrogens is 248 g/mol. The Morgan fingerprint density at radius 3 is 2.45 bits per heavy atom. The van der Waals surface area contributed by atoms with Crippen LogP contribution in [-0.2, 0) is 0 Å². The van der Waals surface area contributed by atoms with Crippen molar-refractivity contribution in [3.05, 3.63) is 29.8 Å². The molecule has 1 fully saturated rings. The van der Waals surface area contributed by atoms with Crippen molar-refractivity contribution < 1.29 is 4.79 Å². The van der Waals surface area contributed by atoms with Gasteiger partial charge in [0.15, 0.2) is 0 Å². The van der Waals surface area contributed by atoms with Crippen molar-refractivity contribution in [1.82, 2.24) is 4.90 Å². The molecule has 1 aromatic carbocycles. The molecule has 1 aliphatic heterocycles.